The van der Waals surface area contributed by atoms with E-state index in [1.165, 1.54) is 12.5 Å². The third-order valence-corrected chi connectivity index (χ3v) is 6.13. The average Bonchev–Trinajstić information content (AvgIpc) is 3.53. The van der Waals surface area contributed by atoms with Gasteiger partial charge < -0.3 is 20.6 Å². The van der Waals surface area contributed by atoms with Crippen LogP contribution in [-0.2, 0) is 27.2 Å². The number of fused-ring (bicyclic) bond motifs is 1. The van der Waals surface area contributed by atoms with Gasteiger partial charge in [0.2, 0.25) is 11.8 Å². The van der Waals surface area contributed by atoms with Crippen molar-refractivity contribution < 1.29 is 24.2 Å². The molecular formula is C26H25N5O5. The molecule has 0 saturated carbocycles. The maximum Gasteiger partial charge on any atom is 0.327 e. The number of nitrogens with zero attached hydrogens (tertiary/aromatic N) is 3. The Hall–Kier alpha value is -4.49. The highest BCUT2D eigenvalue weighted by Crippen LogP contribution is 2.37. The fourth-order valence-corrected chi connectivity index (χ4v) is 4.30. The molecule has 0 bridgehead atoms. The van der Waals surface area contributed by atoms with E-state index in [-0.39, 0.29) is 25.9 Å². The molecule has 1 aromatic heterocycles. The van der Waals surface area contributed by atoms with E-state index < -0.39 is 35.8 Å². The van der Waals surface area contributed by atoms with Crippen LogP contribution in [0.5, 0.6) is 5.75 Å². The number of H-pyrrole nitrogens is 1. The monoisotopic (exact) mass is 487 g/mol. The molecule has 184 valence electrons. The number of aromatic amines is 1. The molecule has 0 radical (unpaired) electrons. The Morgan fingerprint density at radius 3 is 2.67 bits per heavy atom. The number of carboxylic acids is 1. The molecule has 4 N–H and O–H groups in total. The highest BCUT2D eigenvalue weighted by molar-refractivity contribution is 6.01. The summed E-state index contributed by atoms with van der Waals surface area (Å²) in [7, 11) is 0. The van der Waals surface area contributed by atoms with Crippen molar-refractivity contribution in [2.24, 2.45) is 5.73 Å². The number of aromatic nitrogens is 2. The molecule has 3 atom stereocenters. The number of amides is 2. The minimum atomic E-state index is -1.49. The zero-order chi connectivity index (χ0) is 25.7. The first-order valence-electron chi connectivity index (χ1n) is 11.4. The standard InChI is InChI=1S/C26H25N5O5/c27-12-17-6-7-23-20(8-17)18(14-36-23)10-24(32)31(22(26(34)35)11-19-13-29-15-30-19)25(33)21(28)9-16-4-2-1-3-5-16/h1-8,13,15,18,21-22H,9-11,14,28H2,(H,29,30)(H,34,35). The van der Waals surface area contributed by atoms with Gasteiger partial charge in [-0.25, -0.2) is 9.78 Å². The van der Waals surface area contributed by atoms with Gasteiger partial charge in [0.1, 0.15) is 11.8 Å². The SMILES string of the molecule is N#Cc1ccc2c(c1)C(CC(=O)N(C(=O)C(N)Cc1ccccc1)C(Cc1cnc[nH]1)C(=O)O)CO2. The fraction of sp³-hybridized carbons (Fsp3) is 0.269. The molecule has 0 aliphatic carbocycles. The number of nitriles is 1. The van der Waals surface area contributed by atoms with Gasteiger partial charge in [-0.1, -0.05) is 30.3 Å². The second kappa shape index (κ2) is 10.8. The molecule has 10 nitrogen and oxygen atoms in total. The topological polar surface area (TPSA) is 162 Å². The van der Waals surface area contributed by atoms with Crippen LogP contribution in [-0.4, -0.2) is 56.4 Å². The summed E-state index contributed by atoms with van der Waals surface area (Å²) in [4.78, 5) is 46.8. The minimum Gasteiger partial charge on any atom is -0.493 e. The van der Waals surface area contributed by atoms with Gasteiger partial charge in [-0.05, 0) is 30.2 Å². The Morgan fingerprint density at radius 2 is 2.00 bits per heavy atom. The number of ether oxygens (including phenoxy) is 1. The average molecular weight is 488 g/mol. The first-order valence-corrected chi connectivity index (χ1v) is 11.4. The van der Waals surface area contributed by atoms with E-state index in [1.54, 1.807) is 42.5 Å². The second-order valence-electron chi connectivity index (χ2n) is 8.61. The summed E-state index contributed by atoms with van der Waals surface area (Å²) in [6.45, 7) is 0.173. The number of nitrogens with two attached hydrogens (primary N) is 1. The van der Waals surface area contributed by atoms with Crippen LogP contribution in [0.1, 0.15) is 34.7 Å². The number of carbonyl (C=O) groups excluding carboxylic acids is 2. The predicted octanol–water partition coefficient (Wildman–Crippen LogP) is 1.77. The number of imide groups is 1. The van der Waals surface area contributed by atoms with Gasteiger partial charge in [0.05, 0.1) is 30.6 Å². The third-order valence-electron chi connectivity index (χ3n) is 6.13. The summed E-state index contributed by atoms with van der Waals surface area (Å²) < 4.78 is 5.65. The summed E-state index contributed by atoms with van der Waals surface area (Å²) in [5, 5.41) is 19.3. The first kappa shape index (κ1) is 24.6. The number of benzene rings is 2. The normalized spacial score (nSPS) is 15.7. The lowest BCUT2D eigenvalue weighted by atomic mass is 9.94. The van der Waals surface area contributed by atoms with Crippen LogP contribution in [0, 0.1) is 11.3 Å². The molecule has 2 aromatic carbocycles. The second-order valence-corrected chi connectivity index (χ2v) is 8.61. The number of imidazole rings is 1. The van der Waals surface area contributed by atoms with Crippen molar-refractivity contribution in [3.8, 4) is 11.8 Å². The van der Waals surface area contributed by atoms with Crippen LogP contribution in [0.15, 0.2) is 61.1 Å². The summed E-state index contributed by atoms with van der Waals surface area (Å²) >= 11 is 0. The number of hydrogen-bond donors (Lipinski definition) is 3. The van der Waals surface area contributed by atoms with Crippen molar-refractivity contribution in [1.82, 2.24) is 14.9 Å². The Morgan fingerprint density at radius 1 is 1.22 bits per heavy atom. The Kier molecular flexibility index (Phi) is 7.42. The van der Waals surface area contributed by atoms with Crippen molar-refractivity contribution in [3.63, 3.8) is 0 Å². The highest BCUT2D eigenvalue weighted by atomic mass is 16.5. The number of hydrogen-bond acceptors (Lipinski definition) is 7. The molecule has 1 aliphatic rings. The van der Waals surface area contributed by atoms with Crippen LogP contribution >= 0.6 is 0 Å². The number of carbonyl (C=O) groups is 3. The molecule has 2 amide bonds. The summed E-state index contributed by atoms with van der Waals surface area (Å²) in [6.07, 6.45) is 2.64. The van der Waals surface area contributed by atoms with E-state index in [4.69, 9.17) is 10.5 Å². The zero-order valence-electron chi connectivity index (χ0n) is 19.3. The summed E-state index contributed by atoms with van der Waals surface area (Å²) in [5.41, 5.74) is 8.53. The van der Waals surface area contributed by atoms with E-state index >= 15 is 0 Å². The molecule has 36 heavy (non-hydrogen) atoms. The lowest BCUT2D eigenvalue weighted by Crippen LogP contribution is -2.55. The van der Waals surface area contributed by atoms with Crippen LogP contribution in [0.4, 0.5) is 0 Å². The van der Waals surface area contributed by atoms with E-state index in [0.29, 0.717) is 22.6 Å². The summed E-state index contributed by atoms with van der Waals surface area (Å²) in [6, 6.07) is 13.4. The number of carboxylic acid groups (broad SMARTS) is 1. The highest BCUT2D eigenvalue weighted by Gasteiger charge is 2.39. The van der Waals surface area contributed by atoms with Crippen molar-refractivity contribution in [2.45, 2.75) is 37.3 Å². The minimum absolute atomic E-state index is 0.140. The van der Waals surface area contributed by atoms with E-state index in [1.807, 2.05) is 6.07 Å². The third kappa shape index (κ3) is 5.42. The molecule has 0 saturated heterocycles. The smallest absolute Gasteiger partial charge is 0.327 e. The molecule has 4 rings (SSSR count). The Labute approximate surface area is 207 Å². The van der Waals surface area contributed by atoms with Crippen molar-refractivity contribution in [2.75, 3.05) is 6.61 Å². The summed E-state index contributed by atoms with van der Waals surface area (Å²) in [5.74, 6) is -2.69. The molecule has 0 spiro atoms. The van der Waals surface area contributed by atoms with E-state index in [2.05, 4.69) is 16.0 Å². The van der Waals surface area contributed by atoms with Gasteiger partial charge >= 0.3 is 5.97 Å². The van der Waals surface area contributed by atoms with Gasteiger partial charge in [0.15, 0.2) is 0 Å². The number of rotatable bonds is 9. The van der Waals surface area contributed by atoms with E-state index in [0.717, 1.165) is 10.5 Å². The molecule has 1 aliphatic heterocycles. The van der Waals surface area contributed by atoms with Crippen molar-refractivity contribution >= 4 is 17.8 Å². The molecule has 2 heterocycles. The van der Waals surface area contributed by atoms with Crippen molar-refractivity contribution in [3.05, 3.63) is 83.4 Å². The van der Waals surface area contributed by atoms with Gasteiger partial charge in [-0.3, -0.25) is 14.5 Å². The van der Waals surface area contributed by atoms with Crippen molar-refractivity contribution in [1.29, 1.82) is 5.26 Å². The molecular weight excluding hydrogens is 462 g/mol. The molecule has 0 fully saturated rings. The Balaban J connectivity index is 1.62. The molecule has 10 heteroatoms. The van der Waals surface area contributed by atoms with Crippen LogP contribution in [0.3, 0.4) is 0 Å². The predicted molar refractivity (Wildman–Crippen MR) is 128 cm³/mol. The van der Waals surface area contributed by atoms with Gasteiger partial charge in [0, 0.05) is 36.2 Å². The largest absolute Gasteiger partial charge is 0.493 e. The van der Waals surface area contributed by atoms with Gasteiger partial charge in [-0.15, -0.1) is 0 Å². The number of aliphatic carboxylic acids is 1. The van der Waals surface area contributed by atoms with Crippen LogP contribution in [0.25, 0.3) is 0 Å². The maximum atomic E-state index is 13.6. The quantitative estimate of drug-likeness (QED) is 0.411. The van der Waals surface area contributed by atoms with E-state index in [9.17, 15) is 24.8 Å². The lowest BCUT2D eigenvalue weighted by molar-refractivity contribution is -0.158. The van der Waals surface area contributed by atoms with Gasteiger partial charge in [-0.2, -0.15) is 5.26 Å². The molecule has 3 unspecified atom stereocenters. The maximum absolute atomic E-state index is 13.6. The first-order chi connectivity index (χ1) is 17.4. The van der Waals surface area contributed by atoms with Crippen LogP contribution < -0.4 is 10.5 Å². The van der Waals surface area contributed by atoms with Crippen LogP contribution in [0.2, 0.25) is 0 Å². The lowest BCUT2D eigenvalue weighted by Gasteiger charge is -2.30. The molecule has 3 aromatic rings. The fourth-order valence-electron chi connectivity index (χ4n) is 4.30. The number of nitrogens with one attached hydrogen (secondary N) is 1. The zero-order valence-corrected chi connectivity index (χ0v) is 19.3. The Bertz CT molecular complexity index is 1290. The van der Waals surface area contributed by atoms with Gasteiger partial charge in [0.25, 0.3) is 0 Å².